The van der Waals surface area contributed by atoms with Gasteiger partial charge in [-0.05, 0) is 36.2 Å². The Bertz CT molecular complexity index is 797. The molecule has 6 nitrogen and oxygen atoms in total. The van der Waals surface area contributed by atoms with Crippen LogP contribution < -0.4 is 21.5 Å². The fourth-order valence-electron chi connectivity index (χ4n) is 2.94. The van der Waals surface area contributed by atoms with Gasteiger partial charge in [0.25, 0.3) is 0 Å². The molecule has 2 amide bonds. The summed E-state index contributed by atoms with van der Waals surface area (Å²) in [5.41, 5.74) is 8.92. The highest BCUT2D eigenvalue weighted by molar-refractivity contribution is 9.10. The molecule has 0 aromatic heterocycles. The van der Waals surface area contributed by atoms with E-state index in [1.54, 1.807) is 0 Å². The molecule has 2 aromatic rings. The SMILES string of the molecule is Cc1cc(NC(=O)CNC(=O)C2CNNC2c2ccccc2)ccc1Br. The van der Waals surface area contributed by atoms with Crippen LogP contribution >= 0.6 is 15.9 Å². The number of hydrogen-bond acceptors (Lipinski definition) is 4. The van der Waals surface area contributed by atoms with E-state index in [1.165, 1.54) is 0 Å². The normalized spacial score (nSPS) is 19.2. The van der Waals surface area contributed by atoms with Gasteiger partial charge in [-0.1, -0.05) is 46.3 Å². The van der Waals surface area contributed by atoms with Gasteiger partial charge in [0.15, 0.2) is 0 Å². The van der Waals surface area contributed by atoms with Crippen molar-refractivity contribution in [2.24, 2.45) is 5.92 Å². The second-order valence-corrected chi connectivity index (χ2v) is 7.10. The van der Waals surface area contributed by atoms with Crippen LogP contribution in [0.1, 0.15) is 17.2 Å². The Morgan fingerprint density at radius 2 is 1.96 bits per heavy atom. The Morgan fingerprint density at radius 1 is 1.19 bits per heavy atom. The molecule has 1 heterocycles. The zero-order valence-electron chi connectivity index (χ0n) is 14.4. The first kappa shape index (κ1) is 18.6. The first-order chi connectivity index (χ1) is 12.5. The van der Waals surface area contributed by atoms with E-state index in [4.69, 9.17) is 0 Å². The second kappa shape index (κ2) is 8.44. The zero-order valence-corrected chi connectivity index (χ0v) is 16.0. The number of carbonyl (C=O) groups excluding carboxylic acids is 2. The first-order valence-electron chi connectivity index (χ1n) is 8.41. The lowest BCUT2D eigenvalue weighted by molar-refractivity contribution is -0.127. The van der Waals surface area contributed by atoms with Gasteiger partial charge >= 0.3 is 0 Å². The number of hydrogen-bond donors (Lipinski definition) is 4. The maximum Gasteiger partial charge on any atom is 0.243 e. The molecular formula is C19H21BrN4O2. The van der Waals surface area contributed by atoms with E-state index >= 15 is 0 Å². The third-order valence-electron chi connectivity index (χ3n) is 4.34. The standard InChI is InChI=1S/C19H21BrN4O2/c1-12-9-14(7-8-16(12)20)23-17(25)11-21-19(26)15-10-22-24-18(15)13-5-3-2-4-6-13/h2-9,15,18,22,24H,10-11H2,1H3,(H,21,26)(H,23,25). The third kappa shape index (κ3) is 4.49. The molecule has 2 atom stereocenters. The van der Waals surface area contributed by atoms with Gasteiger partial charge in [0, 0.05) is 16.7 Å². The second-order valence-electron chi connectivity index (χ2n) is 6.25. The van der Waals surface area contributed by atoms with Crippen LogP contribution in [0.4, 0.5) is 5.69 Å². The molecule has 2 aromatic carbocycles. The zero-order chi connectivity index (χ0) is 18.5. The lowest BCUT2D eigenvalue weighted by Gasteiger charge is -2.18. The first-order valence-corrected chi connectivity index (χ1v) is 9.21. The number of rotatable bonds is 5. The lowest BCUT2D eigenvalue weighted by atomic mass is 9.94. The van der Waals surface area contributed by atoms with E-state index < -0.39 is 0 Å². The minimum atomic E-state index is -0.278. The Morgan fingerprint density at radius 3 is 2.69 bits per heavy atom. The van der Waals surface area contributed by atoms with Crippen LogP contribution in [-0.2, 0) is 9.59 Å². The summed E-state index contributed by atoms with van der Waals surface area (Å²) in [6, 6.07) is 15.2. The van der Waals surface area contributed by atoms with Crippen LogP contribution in [-0.4, -0.2) is 24.9 Å². The Labute approximate surface area is 160 Å². The number of carbonyl (C=O) groups is 2. The van der Waals surface area contributed by atoms with Crippen molar-refractivity contribution in [2.75, 3.05) is 18.4 Å². The van der Waals surface area contributed by atoms with Crippen LogP contribution in [0.25, 0.3) is 0 Å². The highest BCUT2D eigenvalue weighted by atomic mass is 79.9. The van der Waals surface area contributed by atoms with Crippen LogP contribution in [0.15, 0.2) is 53.0 Å². The molecule has 0 bridgehead atoms. The fourth-order valence-corrected chi connectivity index (χ4v) is 3.19. The summed E-state index contributed by atoms with van der Waals surface area (Å²) in [4.78, 5) is 24.6. The molecular weight excluding hydrogens is 396 g/mol. The molecule has 1 aliphatic heterocycles. The van der Waals surface area contributed by atoms with Gasteiger partial charge in [0.1, 0.15) is 0 Å². The minimum absolute atomic E-state index is 0.0635. The van der Waals surface area contributed by atoms with Gasteiger partial charge in [-0.2, -0.15) is 0 Å². The van der Waals surface area contributed by atoms with Crippen LogP contribution in [0.5, 0.6) is 0 Å². The van der Waals surface area contributed by atoms with Crippen LogP contribution in [0.2, 0.25) is 0 Å². The Kier molecular flexibility index (Phi) is 6.03. The number of anilines is 1. The van der Waals surface area contributed by atoms with Crippen molar-refractivity contribution >= 4 is 33.4 Å². The molecule has 7 heteroatoms. The smallest absolute Gasteiger partial charge is 0.243 e. The number of aryl methyl sites for hydroxylation is 1. The number of hydrazine groups is 1. The Balaban J connectivity index is 1.54. The largest absolute Gasteiger partial charge is 0.347 e. The maximum absolute atomic E-state index is 12.5. The van der Waals surface area contributed by atoms with E-state index in [0.717, 1.165) is 15.6 Å². The molecule has 3 rings (SSSR count). The van der Waals surface area contributed by atoms with Crippen molar-refractivity contribution < 1.29 is 9.59 Å². The monoisotopic (exact) mass is 416 g/mol. The van der Waals surface area contributed by atoms with E-state index in [1.807, 2.05) is 55.5 Å². The van der Waals surface area contributed by atoms with Gasteiger partial charge in [-0.3, -0.25) is 15.0 Å². The summed E-state index contributed by atoms with van der Waals surface area (Å²) in [5, 5.41) is 5.52. The molecule has 1 fully saturated rings. The molecule has 0 aliphatic carbocycles. The summed E-state index contributed by atoms with van der Waals surface area (Å²) in [6.45, 7) is 2.40. The van der Waals surface area contributed by atoms with Gasteiger partial charge in [-0.15, -0.1) is 0 Å². The highest BCUT2D eigenvalue weighted by Gasteiger charge is 2.33. The highest BCUT2D eigenvalue weighted by Crippen LogP contribution is 2.24. The molecule has 0 saturated carbocycles. The molecule has 2 unspecified atom stereocenters. The Hall–Kier alpha value is -2.22. The third-order valence-corrected chi connectivity index (χ3v) is 5.23. The molecule has 4 N–H and O–H groups in total. The number of nitrogens with one attached hydrogen (secondary N) is 4. The van der Waals surface area contributed by atoms with Crippen molar-refractivity contribution in [3.05, 3.63) is 64.1 Å². The average Bonchev–Trinajstić information content (AvgIpc) is 3.13. The summed E-state index contributed by atoms with van der Waals surface area (Å²) >= 11 is 3.43. The predicted molar refractivity (Wildman–Crippen MR) is 104 cm³/mol. The predicted octanol–water partition coefficient (Wildman–Crippen LogP) is 2.28. The van der Waals surface area contributed by atoms with Crippen LogP contribution in [0.3, 0.4) is 0 Å². The van der Waals surface area contributed by atoms with E-state index in [2.05, 4.69) is 37.4 Å². The minimum Gasteiger partial charge on any atom is -0.347 e. The number of benzene rings is 2. The lowest BCUT2D eigenvalue weighted by Crippen LogP contribution is -2.39. The number of halogens is 1. The summed E-state index contributed by atoms with van der Waals surface area (Å²) in [5.74, 6) is -0.686. The van der Waals surface area contributed by atoms with Gasteiger partial charge < -0.3 is 10.6 Å². The van der Waals surface area contributed by atoms with Crippen molar-refractivity contribution in [2.45, 2.75) is 13.0 Å². The summed E-state index contributed by atoms with van der Waals surface area (Å²) in [6.07, 6.45) is 0. The van der Waals surface area contributed by atoms with E-state index in [0.29, 0.717) is 12.2 Å². The van der Waals surface area contributed by atoms with E-state index in [9.17, 15) is 9.59 Å². The number of amides is 2. The fraction of sp³-hybridized carbons (Fsp3) is 0.263. The summed E-state index contributed by atoms with van der Waals surface area (Å²) < 4.78 is 0.983. The summed E-state index contributed by atoms with van der Waals surface area (Å²) in [7, 11) is 0. The van der Waals surface area contributed by atoms with Crippen molar-refractivity contribution in [3.63, 3.8) is 0 Å². The van der Waals surface area contributed by atoms with Crippen molar-refractivity contribution in [3.8, 4) is 0 Å². The molecule has 0 spiro atoms. The quantitative estimate of drug-likeness (QED) is 0.602. The van der Waals surface area contributed by atoms with Crippen LogP contribution in [0, 0.1) is 12.8 Å². The molecule has 1 aliphatic rings. The van der Waals surface area contributed by atoms with Crippen molar-refractivity contribution in [1.29, 1.82) is 0 Å². The average molecular weight is 417 g/mol. The molecule has 1 saturated heterocycles. The molecule has 0 radical (unpaired) electrons. The van der Waals surface area contributed by atoms with E-state index in [-0.39, 0.29) is 30.3 Å². The maximum atomic E-state index is 12.5. The molecule has 136 valence electrons. The topological polar surface area (TPSA) is 82.3 Å². The van der Waals surface area contributed by atoms with Crippen molar-refractivity contribution in [1.82, 2.24) is 16.2 Å². The molecule has 26 heavy (non-hydrogen) atoms. The van der Waals surface area contributed by atoms with Gasteiger partial charge in [0.2, 0.25) is 11.8 Å². The van der Waals surface area contributed by atoms with Gasteiger partial charge in [-0.25, -0.2) is 5.43 Å². The van der Waals surface area contributed by atoms with Gasteiger partial charge in [0.05, 0.1) is 18.5 Å².